The molecule has 4 heterocycles. The number of furan rings is 1. The fourth-order valence-corrected chi connectivity index (χ4v) is 11.9. The first-order valence-corrected chi connectivity index (χ1v) is 22.3. The number of hydrogen-bond donors (Lipinski definition) is 0. The Balaban J connectivity index is 1.09. The van der Waals surface area contributed by atoms with Gasteiger partial charge in [-0.3, -0.25) is 4.99 Å². The number of fused-ring (bicyclic) bond motifs is 12. The molecule has 0 bridgehead atoms. The zero-order chi connectivity index (χ0) is 39.8. The highest BCUT2D eigenvalue weighted by molar-refractivity contribution is 7.25. The van der Waals surface area contributed by atoms with Gasteiger partial charge >= 0.3 is 0 Å². The molecule has 61 heavy (non-hydrogen) atoms. The summed E-state index contributed by atoms with van der Waals surface area (Å²) in [6.07, 6.45) is 8.57. The van der Waals surface area contributed by atoms with Crippen molar-refractivity contribution in [3.63, 3.8) is 0 Å². The molecule has 288 valence electrons. The molecule has 0 unspecified atom stereocenters. The number of rotatable bonds is 4. The number of allylic oxidation sites excluding steroid dienone is 1. The predicted octanol–water partition coefficient (Wildman–Crippen LogP) is 14.7. The summed E-state index contributed by atoms with van der Waals surface area (Å²) in [6.45, 7) is 0. The van der Waals surface area contributed by atoms with Gasteiger partial charge in [0.15, 0.2) is 11.4 Å². The van der Waals surface area contributed by atoms with Crippen LogP contribution in [0.1, 0.15) is 47.1 Å². The fraction of sp³-hybridized carbons (Fsp3) is 0.107. The molecule has 5 heteroatoms. The normalized spacial score (nSPS) is 18.6. The number of benzene rings is 8. The van der Waals surface area contributed by atoms with Crippen LogP contribution in [0, 0.1) is 5.92 Å². The number of para-hydroxylation sites is 2. The zero-order valence-corrected chi connectivity index (χ0v) is 34.0. The van der Waals surface area contributed by atoms with E-state index < -0.39 is 5.54 Å². The lowest BCUT2D eigenvalue weighted by Gasteiger charge is -2.18. The summed E-state index contributed by atoms with van der Waals surface area (Å²) in [5.41, 5.74) is 11.8. The summed E-state index contributed by atoms with van der Waals surface area (Å²) in [4.78, 5) is 11.8. The highest BCUT2D eigenvalue weighted by Gasteiger charge is 2.57. The Kier molecular flexibility index (Phi) is 6.90. The second-order valence-corrected chi connectivity index (χ2v) is 18.2. The molecule has 2 atom stereocenters. The Morgan fingerprint density at radius 1 is 0.623 bits per heavy atom. The van der Waals surface area contributed by atoms with Crippen molar-refractivity contribution in [3.8, 4) is 5.69 Å². The first-order chi connectivity index (χ1) is 30.2. The molecule has 0 saturated heterocycles. The van der Waals surface area contributed by atoms with E-state index in [1.54, 1.807) is 0 Å². The van der Waals surface area contributed by atoms with E-state index in [1.165, 1.54) is 64.0 Å². The van der Waals surface area contributed by atoms with Gasteiger partial charge in [0.25, 0.3) is 0 Å². The third kappa shape index (κ3) is 4.87. The third-order valence-corrected chi connectivity index (χ3v) is 15.0. The second kappa shape index (κ2) is 12.5. The van der Waals surface area contributed by atoms with E-state index in [2.05, 4.69) is 174 Å². The summed E-state index contributed by atoms with van der Waals surface area (Å²) >= 11 is 1.87. The summed E-state index contributed by atoms with van der Waals surface area (Å²) in [5.74, 6) is 1.07. The fourth-order valence-electron chi connectivity index (χ4n) is 10.8. The quantitative estimate of drug-likeness (QED) is 0.175. The number of hydrogen-bond acceptors (Lipinski definition) is 4. The minimum absolute atomic E-state index is 0.313. The Morgan fingerprint density at radius 3 is 2.36 bits per heavy atom. The van der Waals surface area contributed by atoms with Gasteiger partial charge in [0.2, 0.25) is 0 Å². The molecule has 0 spiro atoms. The van der Waals surface area contributed by atoms with Gasteiger partial charge in [-0.15, -0.1) is 11.3 Å². The minimum Gasteiger partial charge on any atom is -0.454 e. The molecule has 1 aliphatic heterocycles. The van der Waals surface area contributed by atoms with Gasteiger partial charge in [0.05, 0.1) is 22.3 Å². The number of amidine groups is 1. The number of nitrogens with zero attached hydrogens (tertiary/aromatic N) is 3. The Hall–Kier alpha value is -7.08. The monoisotopic (exact) mass is 799 g/mol. The average molecular weight is 800 g/mol. The largest absolute Gasteiger partial charge is 0.454 e. The molecule has 8 aromatic carbocycles. The summed E-state index contributed by atoms with van der Waals surface area (Å²) in [6, 6.07) is 57.8. The smallest absolute Gasteiger partial charge is 0.160 e. The lowest BCUT2D eigenvalue weighted by Crippen LogP contribution is -2.12. The van der Waals surface area contributed by atoms with E-state index >= 15 is 0 Å². The van der Waals surface area contributed by atoms with Gasteiger partial charge in [-0.1, -0.05) is 115 Å². The van der Waals surface area contributed by atoms with E-state index in [-0.39, 0.29) is 0 Å². The summed E-state index contributed by atoms with van der Waals surface area (Å²) < 4.78 is 12.1. The first-order valence-electron chi connectivity index (χ1n) is 21.4. The molecule has 0 N–H and O–H groups in total. The van der Waals surface area contributed by atoms with E-state index in [9.17, 15) is 0 Å². The lowest BCUT2D eigenvalue weighted by atomic mass is 9.89. The lowest BCUT2D eigenvalue weighted by molar-refractivity contribution is 0.653. The predicted molar refractivity (Wildman–Crippen MR) is 256 cm³/mol. The topological polar surface area (TPSA) is 42.8 Å². The van der Waals surface area contributed by atoms with Crippen molar-refractivity contribution in [2.24, 2.45) is 15.9 Å². The van der Waals surface area contributed by atoms with Crippen molar-refractivity contribution < 1.29 is 4.42 Å². The van der Waals surface area contributed by atoms with E-state index in [4.69, 9.17) is 14.4 Å². The first kappa shape index (κ1) is 33.7. The van der Waals surface area contributed by atoms with Gasteiger partial charge in [-0.2, -0.15) is 0 Å². The summed E-state index contributed by atoms with van der Waals surface area (Å²) in [5, 5.41) is 9.63. The van der Waals surface area contributed by atoms with Crippen LogP contribution in [-0.2, 0) is 12.0 Å². The van der Waals surface area contributed by atoms with Crippen molar-refractivity contribution >= 4 is 104 Å². The molecule has 3 aromatic heterocycles. The molecule has 1 saturated carbocycles. The molecule has 3 aliphatic rings. The van der Waals surface area contributed by atoms with Crippen molar-refractivity contribution in [1.82, 2.24) is 4.57 Å². The minimum atomic E-state index is -0.417. The maximum atomic E-state index is 7.04. The molecule has 4 nitrogen and oxygen atoms in total. The Bertz CT molecular complexity index is 3800. The zero-order valence-electron chi connectivity index (χ0n) is 33.2. The highest BCUT2D eigenvalue weighted by Crippen LogP contribution is 2.60. The maximum Gasteiger partial charge on any atom is 0.160 e. The Labute approximate surface area is 355 Å². The van der Waals surface area contributed by atoms with Crippen molar-refractivity contribution in [1.29, 1.82) is 0 Å². The summed E-state index contributed by atoms with van der Waals surface area (Å²) in [7, 11) is 0. The number of thiophene rings is 1. The number of aliphatic imine (C=N–C) groups is 2. The third-order valence-electron chi connectivity index (χ3n) is 13.8. The van der Waals surface area contributed by atoms with Gasteiger partial charge in [-0.05, 0) is 114 Å². The average Bonchev–Trinajstić information content (AvgIpc) is 3.55. The highest BCUT2D eigenvalue weighted by atomic mass is 32.1. The second-order valence-electron chi connectivity index (χ2n) is 17.2. The van der Waals surface area contributed by atoms with Crippen LogP contribution >= 0.6 is 11.3 Å². The standard InChI is InChI=1S/C56H37N3OS/c1-2-14-35-29-49-45(28-34(35)13-1)40-17-5-8-21-48(40)59(49)53-44(26-25-43-41-18-6-9-22-50(41)60-54(43)53)55-57-47(39-20-11-15-33-12-3-4-16-38(33)39)31-37-32-56(37,58-55)36-24-27-52-46(30-36)42-19-7-10-23-51(42)61-52/h1-2,4-11,13-30,37H,3,12,31-32H2/t37-,56-/m0/s1. The number of aromatic nitrogens is 1. The maximum absolute atomic E-state index is 7.04. The van der Waals surface area contributed by atoms with Crippen LogP contribution in [0.3, 0.4) is 0 Å². The van der Waals surface area contributed by atoms with Gasteiger partial charge in [-0.25, -0.2) is 4.99 Å². The number of aryl methyl sites for hydroxylation is 1. The van der Waals surface area contributed by atoms with Crippen LogP contribution in [-0.4, -0.2) is 16.1 Å². The molecule has 11 aromatic rings. The molecule has 2 aliphatic carbocycles. The molecule has 0 radical (unpaired) electrons. The van der Waals surface area contributed by atoms with Crippen LogP contribution in [0.4, 0.5) is 0 Å². The van der Waals surface area contributed by atoms with Crippen LogP contribution < -0.4 is 0 Å². The van der Waals surface area contributed by atoms with Crippen molar-refractivity contribution in [3.05, 3.63) is 192 Å². The molecule has 1 fully saturated rings. The van der Waals surface area contributed by atoms with E-state index in [0.29, 0.717) is 5.92 Å². The van der Waals surface area contributed by atoms with Gasteiger partial charge < -0.3 is 8.98 Å². The van der Waals surface area contributed by atoms with Gasteiger partial charge in [0.1, 0.15) is 11.3 Å². The molecular weight excluding hydrogens is 763 g/mol. The van der Waals surface area contributed by atoms with Crippen LogP contribution in [0.15, 0.2) is 178 Å². The van der Waals surface area contributed by atoms with Crippen LogP contribution in [0.5, 0.6) is 0 Å². The SMILES string of the molecule is C1=Cc2c(cccc2C2=NC(c3ccc4c(oc5ccccc54)c3-n3c4ccccc4c4cc5ccccc5cc43)=N[C@]3(c4ccc5sc6ccccc6c5c4)C[C@@H]3C2)CC1. The molecule has 14 rings (SSSR count). The van der Waals surface area contributed by atoms with Gasteiger partial charge in [0, 0.05) is 52.8 Å². The Morgan fingerprint density at radius 2 is 1.43 bits per heavy atom. The van der Waals surface area contributed by atoms with Crippen molar-refractivity contribution in [2.45, 2.75) is 31.2 Å². The van der Waals surface area contributed by atoms with Crippen molar-refractivity contribution in [2.75, 3.05) is 0 Å². The van der Waals surface area contributed by atoms with E-state index in [0.717, 1.165) is 81.5 Å². The van der Waals surface area contributed by atoms with Crippen LogP contribution in [0.25, 0.3) is 86.5 Å². The van der Waals surface area contributed by atoms with Crippen LogP contribution in [0.2, 0.25) is 0 Å². The molecule has 0 amide bonds. The molecular formula is C56H37N3OS. The van der Waals surface area contributed by atoms with E-state index in [1.807, 2.05) is 11.3 Å².